The molecule has 0 aliphatic heterocycles. The van der Waals surface area contributed by atoms with Crippen molar-refractivity contribution in [3.8, 4) is 11.5 Å². The molecule has 2 rings (SSSR count). The van der Waals surface area contributed by atoms with Gasteiger partial charge in [0.15, 0.2) is 0 Å². The summed E-state index contributed by atoms with van der Waals surface area (Å²) < 4.78 is 23.9. The quantitative estimate of drug-likeness (QED) is 0.629. The lowest BCUT2D eigenvalue weighted by molar-refractivity contribution is 0.247. The molecule has 0 saturated heterocycles. The Balaban J connectivity index is 1.75. The van der Waals surface area contributed by atoms with E-state index in [1.807, 2.05) is 24.3 Å². The Morgan fingerprint density at radius 1 is 1.00 bits per heavy atom. The minimum absolute atomic E-state index is 0.278. The third-order valence-corrected chi connectivity index (χ3v) is 3.00. The summed E-state index contributed by atoms with van der Waals surface area (Å²) in [5.41, 5.74) is 6.36. The Hall–Kier alpha value is -2.14. The molecule has 5 heteroatoms. The van der Waals surface area contributed by atoms with Crippen molar-refractivity contribution in [3.05, 3.63) is 59.9 Å². The van der Waals surface area contributed by atoms with Gasteiger partial charge in [-0.1, -0.05) is 24.4 Å². The molecule has 0 saturated carbocycles. The van der Waals surface area contributed by atoms with Crippen molar-refractivity contribution >= 4 is 17.2 Å². The van der Waals surface area contributed by atoms with E-state index in [9.17, 15) is 4.39 Å². The molecule has 2 N–H and O–H groups in total. The van der Waals surface area contributed by atoms with Crippen molar-refractivity contribution in [3.63, 3.8) is 0 Å². The van der Waals surface area contributed by atoms with Gasteiger partial charge in [0.25, 0.3) is 0 Å². The molecule has 0 amide bonds. The first kappa shape index (κ1) is 15.3. The summed E-state index contributed by atoms with van der Waals surface area (Å²) in [6.45, 7) is 0.974. The summed E-state index contributed by atoms with van der Waals surface area (Å²) in [5.74, 6) is 1.03. The molecule has 0 radical (unpaired) electrons. The first-order valence-electron chi connectivity index (χ1n) is 6.57. The third-order valence-electron chi connectivity index (χ3n) is 2.78. The van der Waals surface area contributed by atoms with Crippen molar-refractivity contribution in [2.45, 2.75) is 6.42 Å². The second-order valence-corrected chi connectivity index (χ2v) is 4.80. The Bertz CT molecular complexity index is 601. The standard InChI is InChI=1S/C16H16FNO2S/c17-12-6-8-13(9-7-12)19-10-3-11-20-15-5-2-1-4-14(15)16(18)21/h1-2,4-9H,3,10-11H2,(H2,18,21). The molecule has 110 valence electrons. The summed E-state index contributed by atoms with van der Waals surface area (Å²) in [4.78, 5) is 0.313. The number of para-hydroxylation sites is 1. The lowest BCUT2D eigenvalue weighted by Gasteiger charge is -2.11. The number of benzene rings is 2. The van der Waals surface area contributed by atoms with Crippen molar-refractivity contribution in [2.24, 2.45) is 5.73 Å². The fourth-order valence-corrected chi connectivity index (χ4v) is 1.93. The summed E-state index contributed by atoms with van der Waals surface area (Å²) in [7, 11) is 0. The van der Waals surface area contributed by atoms with Crippen LogP contribution in [-0.4, -0.2) is 18.2 Å². The normalized spacial score (nSPS) is 10.1. The Kier molecular flexibility index (Phi) is 5.51. The molecule has 0 unspecified atom stereocenters. The number of halogens is 1. The van der Waals surface area contributed by atoms with Crippen LogP contribution in [0.15, 0.2) is 48.5 Å². The molecule has 2 aromatic rings. The van der Waals surface area contributed by atoms with Crippen molar-refractivity contribution in [2.75, 3.05) is 13.2 Å². The number of nitrogens with two attached hydrogens (primary N) is 1. The van der Waals surface area contributed by atoms with Crippen molar-refractivity contribution in [1.29, 1.82) is 0 Å². The smallest absolute Gasteiger partial charge is 0.129 e. The van der Waals surface area contributed by atoms with Gasteiger partial charge in [-0.3, -0.25) is 0 Å². The van der Waals surface area contributed by atoms with Crippen molar-refractivity contribution in [1.82, 2.24) is 0 Å². The maximum absolute atomic E-state index is 12.7. The maximum Gasteiger partial charge on any atom is 0.129 e. The summed E-state index contributed by atoms with van der Waals surface area (Å²) in [6.07, 6.45) is 0.697. The lowest BCUT2D eigenvalue weighted by Crippen LogP contribution is -2.12. The van der Waals surface area contributed by atoms with E-state index in [0.717, 1.165) is 5.56 Å². The topological polar surface area (TPSA) is 44.5 Å². The largest absolute Gasteiger partial charge is 0.493 e. The van der Waals surface area contributed by atoms with E-state index < -0.39 is 0 Å². The molecule has 0 atom stereocenters. The summed E-state index contributed by atoms with van der Waals surface area (Å²) in [6, 6.07) is 13.3. The molecule has 0 spiro atoms. The van der Waals surface area contributed by atoms with Crippen LogP contribution in [0.5, 0.6) is 11.5 Å². The molecule has 3 nitrogen and oxygen atoms in total. The zero-order valence-electron chi connectivity index (χ0n) is 11.4. The Morgan fingerprint density at radius 3 is 2.38 bits per heavy atom. The van der Waals surface area contributed by atoms with Gasteiger partial charge in [-0.2, -0.15) is 0 Å². The molecule has 2 aromatic carbocycles. The van der Waals surface area contributed by atoms with E-state index in [4.69, 9.17) is 27.4 Å². The highest BCUT2D eigenvalue weighted by molar-refractivity contribution is 7.80. The number of hydrogen-bond donors (Lipinski definition) is 1. The summed E-state index contributed by atoms with van der Waals surface area (Å²) >= 11 is 4.97. The fourth-order valence-electron chi connectivity index (χ4n) is 1.76. The highest BCUT2D eigenvalue weighted by atomic mass is 32.1. The predicted octanol–water partition coefficient (Wildman–Crippen LogP) is 3.31. The van der Waals surface area contributed by atoms with Crippen LogP contribution in [0.4, 0.5) is 4.39 Å². The lowest BCUT2D eigenvalue weighted by atomic mass is 10.2. The molecular formula is C16H16FNO2S. The molecule has 0 aromatic heterocycles. The highest BCUT2D eigenvalue weighted by Gasteiger charge is 2.04. The van der Waals surface area contributed by atoms with Crippen LogP contribution in [0.2, 0.25) is 0 Å². The SMILES string of the molecule is NC(=S)c1ccccc1OCCCOc1ccc(F)cc1. The molecule has 0 aliphatic rings. The van der Waals surface area contributed by atoms with E-state index in [2.05, 4.69) is 0 Å². The van der Waals surface area contributed by atoms with Gasteiger partial charge >= 0.3 is 0 Å². The maximum atomic E-state index is 12.7. The van der Waals surface area contributed by atoms with Crippen molar-refractivity contribution < 1.29 is 13.9 Å². The van der Waals surface area contributed by atoms with Gasteiger partial charge in [0.1, 0.15) is 22.3 Å². The minimum Gasteiger partial charge on any atom is -0.493 e. The molecule has 0 aliphatic carbocycles. The number of hydrogen-bond acceptors (Lipinski definition) is 3. The first-order chi connectivity index (χ1) is 10.2. The average Bonchev–Trinajstić information content (AvgIpc) is 2.49. The molecule has 0 fully saturated rings. The first-order valence-corrected chi connectivity index (χ1v) is 6.97. The monoisotopic (exact) mass is 305 g/mol. The van der Waals surface area contributed by atoms with Crippen LogP contribution in [0, 0.1) is 5.82 Å². The van der Waals surface area contributed by atoms with E-state index >= 15 is 0 Å². The van der Waals surface area contributed by atoms with Crippen LogP contribution in [-0.2, 0) is 0 Å². The van der Waals surface area contributed by atoms with Crippen LogP contribution >= 0.6 is 12.2 Å². The molecule has 0 heterocycles. The Labute approximate surface area is 128 Å². The number of ether oxygens (including phenoxy) is 2. The van der Waals surface area contributed by atoms with Gasteiger partial charge in [-0.25, -0.2) is 4.39 Å². The predicted molar refractivity (Wildman–Crippen MR) is 84.3 cm³/mol. The summed E-state index contributed by atoms with van der Waals surface area (Å²) in [5, 5.41) is 0. The van der Waals surface area contributed by atoms with E-state index in [1.165, 1.54) is 12.1 Å². The van der Waals surface area contributed by atoms with E-state index in [-0.39, 0.29) is 5.82 Å². The Morgan fingerprint density at radius 2 is 1.67 bits per heavy atom. The van der Waals surface area contributed by atoms with Crippen LogP contribution in [0.25, 0.3) is 0 Å². The van der Waals surface area contributed by atoms with Gasteiger partial charge in [-0.05, 0) is 36.4 Å². The average molecular weight is 305 g/mol. The van der Waals surface area contributed by atoms with Gasteiger partial charge in [0.05, 0.1) is 18.8 Å². The van der Waals surface area contributed by atoms with Gasteiger partial charge < -0.3 is 15.2 Å². The van der Waals surface area contributed by atoms with E-state index in [0.29, 0.717) is 36.1 Å². The second kappa shape index (κ2) is 7.59. The fraction of sp³-hybridized carbons (Fsp3) is 0.188. The third kappa shape index (κ3) is 4.72. The van der Waals surface area contributed by atoms with Crippen LogP contribution in [0.3, 0.4) is 0 Å². The molecule has 21 heavy (non-hydrogen) atoms. The van der Waals surface area contributed by atoms with Crippen LogP contribution < -0.4 is 15.2 Å². The van der Waals surface area contributed by atoms with E-state index in [1.54, 1.807) is 12.1 Å². The van der Waals surface area contributed by atoms with Gasteiger partial charge in [-0.15, -0.1) is 0 Å². The minimum atomic E-state index is -0.278. The second-order valence-electron chi connectivity index (χ2n) is 4.36. The zero-order chi connectivity index (χ0) is 15.1. The van der Waals surface area contributed by atoms with Gasteiger partial charge in [0, 0.05) is 6.42 Å². The molecule has 0 bridgehead atoms. The number of thiocarbonyl (C=S) groups is 1. The highest BCUT2D eigenvalue weighted by Crippen LogP contribution is 2.18. The molecular weight excluding hydrogens is 289 g/mol. The van der Waals surface area contributed by atoms with Crippen LogP contribution in [0.1, 0.15) is 12.0 Å². The zero-order valence-corrected chi connectivity index (χ0v) is 12.2. The van der Waals surface area contributed by atoms with Gasteiger partial charge in [0.2, 0.25) is 0 Å². The number of rotatable bonds is 7.